The summed E-state index contributed by atoms with van der Waals surface area (Å²) in [6.07, 6.45) is 5.90. The van der Waals surface area contributed by atoms with E-state index >= 15 is 0 Å². The number of aromatic nitrogens is 2. The van der Waals surface area contributed by atoms with E-state index in [0.29, 0.717) is 18.3 Å². The molecule has 2 saturated heterocycles. The van der Waals surface area contributed by atoms with Crippen LogP contribution >= 0.6 is 12.4 Å². The van der Waals surface area contributed by atoms with Crippen LogP contribution in [-0.4, -0.2) is 40.2 Å². The van der Waals surface area contributed by atoms with Gasteiger partial charge in [-0.15, -0.1) is 12.4 Å². The smallest absolute Gasteiger partial charge is 0.274 e. The summed E-state index contributed by atoms with van der Waals surface area (Å²) in [6, 6.07) is 8.62. The highest BCUT2D eigenvalue weighted by Gasteiger charge is 2.32. The normalized spacial score (nSPS) is 22.9. The molecular weight excluding hydrogens is 355 g/mol. The van der Waals surface area contributed by atoms with Crippen molar-refractivity contribution >= 4 is 18.3 Å². The summed E-state index contributed by atoms with van der Waals surface area (Å²) in [6.45, 7) is 2.63. The number of carbonyl (C=O) groups is 1. The van der Waals surface area contributed by atoms with Crippen LogP contribution in [0.3, 0.4) is 0 Å². The Hall–Kier alpha value is -1.92. The predicted octanol–water partition coefficient (Wildman–Crippen LogP) is 3.35. The predicted molar refractivity (Wildman–Crippen MR) is 100 cm³/mol. The largest absolute Gasteiger partial charge is 0.330 e. The van der Waals surface area contributed by atoms with Crippen LogP contribution in [0.2, 0.25) is 0 Å². The van der Waals surface area contributed by atoms with Gasteiger partial charge < -0.3 is 10.2 Å². The van der Waals surface area contributed by atoms with Crippen molar-refractivity contribution in [3.05, 3.63) is 53.6 Å². The van der Waals surface area contributed by atoms with Crippen molar-refractivity contribution in [1.29, 1.82) is 0 Å². The molecule has 1 aromatic heterocycles. The van der Waals surface area contributed by atoms with Crippen LogP contribution < -0.4 is 5.32 Å². The zero-order chi connectivity index (χ0) is 17.2. The number of nitrogens with one attached hydrogen (secondary N) is 1. The maximum absolute atomic E-state index is 13.6. The van der Waals surface area contributed by atoms with Crippen molar-refractivity contribution < 1.29 is 9.18 Å². The Labute approximate surface area is 159 Å². The van der Waals surface area contributed by atoms with Gasteiger partial charge in [-0.3, -0.25) is 9.48 Å². The molecule has 1 amide bonds. The molecule has 2 fully saturated rings. The third-order valence-electron chi connectivity index (χ3n) is 5.22. The van der Waals surface area contributed by atoms with Gasteiger partial charge in [0.15, 0.2) is 0 Å². The van der Waals surface area contributed by atoms with E-state index in [2.05, 4.69) is 10.4 Å². The summed E-state index contributed by atoms with van der Waals surface area (Å²) >= 11 is 0. The Morgan fingerprint density at radius 3 is 2.88 bits per heavy atom. The number of hydrogen-bond donors (Lipinski definition) is 1. The minimum Gasteiger partial charge on any atom is -0.330 e. The van der Waals surface area contributed by atoms with E-state index in [9.17, 15) is 9.18 Å². The minimum atomic E-state index is -0.258. The lowest BCUT2D eigenvalue weighted by Crippen LogP contribution is -2.33. The molecule has 2 aromatic rings. The Morgan fingerprint density at radius 1 is 1.23 bits per heavy atom. The van der Waals surface area contributed by atoms with E-state index in [1.165, 1.54) is 12.1 Å². The van der Waals surface area contributed by atoms with Gasteiger partial charge in [0, 0.05) is 19.3 Å². The van der Waals surface area contributed by atoms with Gasteiger partial charge in [-0.25, -0.2) is 4.39 Å². The van der Waals surface area contributed by atoms with Crippen molar-refractivity contribution in [3.8, 4) is 0 Å². The number of amides is 1. The third-order valence-corrected chi connectivity index (χ3v) is 5.22. The van der Waals surface area contributed by atoms with E-state index in [0.717, 1.165) is 44.3 Å². The van der Waals surface area contributed by atoms with Gasteiger partial charge in [0.05, 0.1) is 12.1 Å². The van der Waals surface area contributed by atoms with Crippen LogP contribution in [0.5, 0.6) is 0 Å². The molecule has 0 radical (unpaired) electrons. The van der Waals surface area contributed by atoms with Crippen LogP contribution in [0.15, 0.2) is 36.5 Å². The van der Waals surface area contributed by atoms with Crippen molar-refractivity contribution in [2.75, 3.05) is 19.6 Å². The number of nitrogens with zero attached hydrogens (tertiary/aromatic N) is 3. The molecule has 1 aromatic carbocycles. The first-order valence-electron chi connectivity index (χ1n) is 9.05. The lowest BCUT2D eigenvalue weighted by atomic mass is 10.0. The molecule has 0 aliphatic carbocycles. The molecule has 3 heterocycles. The van der Waals surface area contributed by atoms with Crippen molar-refractivity contribution in [3.63, 3.8) is 0 Å². The summed E-state index contributed by atoms with van der Waals surface area (Å²) in [5.41, 5.74) is 1.34. The summed E-state index contributed by atoms with van der Waals surface area (Å²) in [7, 11) is 0. The number of likely N-dealkylation sites (tertiary alicyclic amines) is 1. The molecule has 4 rings (SSSR count). The average Bonchev–Trinajstić information content (AvgIpc) is 3.32. The molecule has 2 unspecified atom stereocenters. The van der Waals surface area contributed by atoms with E-state index < -0.39 is 0 Å². The third kappa shape index (κ3) is 3.76. The number of piperidine rings is 1. The fourth-order valence-electron chi connectivity index (χ4n) is 3.93. The second-order valence-corrected chi connectivity index (χ2v) is 6.89. The molecule has 1 N–H and O–H groups in total. The lowest BCUT2D eigenvalue weighted by Gasteiger charge is -2.25. The van der Waals surface area contributed by atoms with Gasteiger partial charge in [-0.1, -0.05) is 12.1 Å². The van der Waals surface area contributed by atoms with Gasteiger partial charge in [-0.2, -0.15) is 5.10 Å². The molecule has 2 aliphatic rings. The first-order valence-corrected chi connectivity index (χ1v) is 9.05. The zero-order valence-corrected chi connectivity index (χ0v) is 15.4. The highest BCUT2D eigenvalue weighted by atomic mass is 35.5. The van der Waals surface area contributed by atoms with Gasteiger partial charge in [0.2, 0.25) is 0 Å². The second-order valence-electron chi connectivity index (χ2n) is 6.89. The first kappa shape index (κ1) is 18.9. The monoisotopic (exact) mass is 378 g/mol. The highest BCUT2D eigenvalue weighted by molar-refractivity contribution is 5.92. The number of rotatable bonds is 3. The highest BCUT2D eigenvalue weighted by Crippen LogP contribution is 2.33. The first-order chi connectivity index (χ1) is 12.2. The van der Waals surface area contributed by atoms with E-state index in [1.807, 2.05) is 21.8 Å². The topological polar surface area (TPSA) is 50.2 Å². The Bertz CT molecular complexity index is 760. The molecule has 0 bridgehead atoms. The molecule has 2 atom stereocenters. The van der Waals surface area contributed by atoms with Crippen LogP contribution in [0.4, 0.5) is 4.39 Å². The van der Waals surface area contributed by atoms with Crippen molar-refractivity contribution in [2.24, 2.45) is 0 Å². The Morgan fingerprint density at radius 2 is 2.12 bits per heavy atom. The molecule has 140 valence electrons. The van der Waals surface area contributed by atoms with Crippen LogP contribution in [0.25, 0.3) is 0 Å². The fourth-order valence-corrected chi connectivity index (χ4v) is 3.93. The van der Waals surface area contributed by atoms with Crippen LogP contribution in [-0.2, 0) is 0 Å². The van der Waals surface area contributed by atoms with E-state index in [4.69, 9.17) is 0 Å². The molecule has 7 heteroatoms. The van der Waals surface area contributed by atoms with E-state index in [1.54, 1.807) is 12.1 Å². The molecule has 0 saturated carbocycles. The number of carbonyl (C=O) groups excluding carboxylic acids is 1. The quantitative estimate of drug-likeness (QED) is 0.891. The molecule has 26 heavy (non-hydrogen) atoms. The lowest BCUT2D eigenvalue weighted by molar-refractivity contribution is 0.0728. The molecular formula is C19H24ClFN4O. The van der Waals surface area contributed by atoms with Crippen molar-refractivity contribution in [2.45, 2.75) is 37.8 Å². The molecule has 2 aliphatic heterocycles. The maximum atomic E-state index is 13.6. The van der Waals surface area contributed by atoms with Crippen LogP contribution in [0.1, 0.15) is 53.8 Å². The SMILES string of the molecule is Cl.O=C(c1ccn(C2CCCNC2)n1)N1CCCC1c1cccc(F)c1. The summed E-state index contributed by atoms with van der Waals surface area (Å²) in [4.78, 5) is 14.8. The number of benzene rings is 1. The summed E-state index contributed by atoms with van der Waals surface area (Å²) in [5, 5.41) is 7.90. The minimum absolute atomic E-state index is 0. The van der Waals surface area contributed by atoms with E-state index in [-0.39, 0.29) is 30.2 Å². The standard InChI is InChI=1S/C19H23FN4O.ClH/c20-15-5-1-4-14(12-15)18-7-3-10-23(18)19(25)17-8-11-24(22-17)16-6-2-9-21-13-16;/h1,4-5,8,11-12,16,18,21H,2-3,6-7,9-10,13H2;1H. The van der Waals surface area contributed by atoms with Crippen LogP contribution in [0, 0.1) is 5.82 Å². The van der Waals surface area contributed by atoms with Crippen molar-refractivity contribution in [1.82, 2.24) is 20.0 Å². The average molecular weight is 379 g/mol. The Kier molecular flexibility index (Phi) is 5.94. The van der Waals surface area contributed by atoms with Gasteiger partial charge in [0.25, 0.3) is 5.91 Å². The fraction of sp³-hybridized carbons (Fsp3) is 0.474. The maximum Gasteiger partial charge on any atom is 0.274 e. The molecule has 5 nitrogen and oxygen atoms in total. The van der Waals surface area contributed by atoms with Gasteiger partial charge in [0.1, 0.15) is 11.5 Å². The summed E-state index contributed by atoms with van der Waals surface area (Å²) < 4.78 is 15.5. The molecule has 0 spiro atoms. The van der Waals surface area contributed by atoms with Gasteiger partial charge in [-0.05, 0) is 56.0 Å². The summed E-state index contributed by atoms with van der Waals surface area (Å²) in [5.74, 6) is -0.319. The number of halogens is 2. The zero-order valence-electron chi connectivity index (χ0n) is 14.6. The Balaban J connectivity index is 0.00000196. The van der Waals surface area contributed by atoms with Gasteiger partial charge >= 0.3 is 0 Å². The second kappa shape index (κ2) is 8.18. The number of hydrogen-bond acceptors (Lipinski definition) is 3.